The zero-order valence-corrected chi connectivity index (χ0v) is 38.9. The van der Waals surface area contributed by atoms with Crippen LogP contribution in [0, 0.1) is 0 Å². The largest absolute Gasteiger partial charge is 0.463 e. The molecule has 2 atom stereocenters. The number of unbranched alkanes of at least 4 members (excludes halogenated alkanes) is 20. The minimum absolute atomic E-state index is 0.00707. The Kier molecular flexibility index (Phi) is 36.8. The minimum atomic E-state index is -0.416. The molecule has 1 rings (SSSR count). The molecule has 9 heteroatoms. The molecule has 1 aromatic heterocycles. The zero-order valence-electron chi connectivity index (χ0n) is 38.9. The topological polar surface area (TPSA) is 121 Å². The molecule has 1 heterocycles. The fourth-order valence-corrected chi connectivity index (χ4v) is 7.89. The lowest BCUT2D eigenvalue weighted by molar-refractivity contribution is -0.150. The summed E-state index contributed by atoms with van der Waals surface area (Å²) in [5.74, 6) is -0.173. The van der Waals surface area contributed by atoms with E-state index in [-0.39, 0.29) is 30.1 Å². The van der Waals surface area contributed by atoms with Crippen LogP contribution in [0.25, 0.3) is 0 Å². The molecule has 0 saturated carbocycles. The van der Waals surface area contributed by atoms with Gasteiger partial charge in [0.25, 0.3) is 5.91 Å². The van der Waals surface area contributed by atoms with Gasteiger partial charge in [-0.3, -0.25) is 14.4 Å². The summed E-state index contributed by atoms with van der Waals surface area (Å²) in [6.07, 6.45) is 37.3. The summed E-state index contributed by atoms with van der Waals surface area (Å²) >= 11 is 0. The number of H-pyrrole nitrogens is 1. The van der Waals surface area contributed by atoms with Gasteiger partial charge in [0.15, 0.2) is 0 Å². The number of aromatic nitrogens is 1. The lowest BCUT2D eigenvalue weighted by atomic mass is 10.0. The first kappa shape index (κ1) is 54.6. The van der Waals surface area contributed by atoms with E-state index in [1.165, 1.54) is 83.5 Å². The van der Waals surface area contributed by atoms with Gasteiger partial charge in [-0.1, -0.05) is 130 Å². The molecule has 1 amide bonds. The number of nitrogens with one attached hydrogen (secondary N) is 2. The van der Waals surface area contributed by atoms with Crippen molar-refractivity contribution in [3.05, 3.63) is 24.0 Å². The second kappa shape index (κ2) is 39.7. The van der Waals surface area contributed by atoms with Crippen molar-refractivity contribution in [3.63, 3.8) is 0 Å². The van der Waals surface area contributed by atoms with Gasteiger partial charge in [-0.15, -0.1) is 0 Å². The van der Waals surface area contributed by atoms with Gasteiger partial charge < -0.3 is 29.8 Å². The summed E-state index contributed by atoms with van der Waals surface area (Å²) < 4.78 is 11.7. The first-order valence-electron chi connectivity index (χ1n) is 25.0. The third-order valence-corrected chi connectivity index (χ3v) is 11.6. The standard InChI is InChI=1S/C50H93N3O6/c1-5-8-11-14-17-23-33-47(34-24-18-15-12-9-6-2)59-49(56)36-25-19-16-20-29-40-53(41-30-21-26-35-48(55)58-44(4)31-22-13-10-7-3)43-46(54)32-27-28-38-52-50(57)45-37-39-51-42-45/h37,39,42,44,46-47,51,54H,5-36,38,40-41,43H2,1-4H3,(H,52,57). The highest BCUT2D eigenvalue weighted by molar-refractivity contribution is 5.93. The van der Waals surface area contributed by atoms with Gasteiger partial charge in [-0.05, 0) is 110 Å². The molecule has 0 aliphatic heterocycles. The molecule has 0 aliphatic carbocycles. The average molecular weight is 832 g/mol. The minimum Gasteiger partial charge on any atom is -0.463 e. The molecule has 59 heavy (non-hydrogen) atoms. The van der Waals surface area contributed by atoms with E-state index in [0.29, 0.717) is 37.9 Å². The van der Waals surface area contributed by atoms with E-state index in [9.17, 15) is 19.5 Å². The number of hydrogen-bond donors (Lipinski definition) is 3. The average Bonchev–Trinajstić information content (AvgIpc) is 3.77. The summed E-state index contributed by atoms with van der Waals surface area (Å²) in [6, 6.07) is 1.76. The van der Waals surface area contributed by atoms with Crippen molar-refractivity contribution in [2.24, 2.45) is 0 Å². The highest BCUT2D eigenvalue weighted by atomic mass is 16.5. The van der Waals surface area contributed by atoms with E-state index in [4.69, 9.17) is 9.47 Å². The predicted octanol–water partition coefficient (Wildman–Crippen LogP) is 12.8. The van der Waals surface area contributed by atoms with Crippen molar-refractivity contribution in [1.29, 1.82) is 0 Å². The van der Waals surface area contributed by atoms with Crippen LogP contribution in [0.3, 0.4) is 0 Å². The first-order valence-corrected chi connectivity index (χ1v) is 25.0. The van der Waals surface area contributed by atoms with Crippen LogP contribution in [0.5, 0.6) is 0 Å². The van der Waals surface area contributed by atoms with Crippen LogP contribution in [0.4, 0.5) is 0 Å². The number of esters is 2. The summed E-state index contributed by atoms with van der Waals surface area (Å²) in [6.45, 7) is 11.8. The van der Waals surface area contributed by atoms with Crippen molar-refractivity contribution in [2.45, 2.75) is 251 Å². The highest BCUT2D eigenvalue weighted by Crippen LogP contribution is 2.19. The lowest BCUT2D eigenvalue weighted by Crippen LogP contribution is -2.34. The Labute approximate surface area is 362 Å². The normalized spacial score (nSPS) is 12.6. The van der Waals surface area contributed by atoms with Gasteiger partial charge in [0.05, 0.1) is 17.8 Å². The molecular weight excluding hydrogens is 739 g/mol. The lowest BCUT2D eigenvalue weighted by Gasteiger charge is -2.25. The number of hydrogen-bond acceptors (Lipinski definition) is 7. The smallest absolute Gasteiger partial charge is 0.306 e. The summed E-state index contributed by atoms with van der Waals surface area (Å²) in [5.41, 5.74) is 0.633. The van der Waals surface area contributed by atoms with Gasteiger partial charge >= 0.3 is 11.9 Å². The van der Waals surface area contributed by atoms with Crippen molar-refractivity contribution < 1.29 is 29.0 Å². The summed E-state index contributed by atoms with van der Waals surface area (Å²) in [7, 11) is 0. The molecule has 0 radical (unpaired) electrons. The van der Waals surface area contributed by atoms with Gasteiger partial charge in [0.1, 0.15) is 6.10 Å². The Morgan fingerprint density at radius 2 is 1.08 bits per heavy atom. The van der Waals surface area contributed by atoms with Crippen molar-refractivity contribution in [2.75, 3.05) is 26.2 Å². The number of rotatable bonds is 43. The third kappa shape index (κ3) is 34.0. The Bertz CT molecular complexity index is 1080. The number of carbonyl (C=O) groups excluding carboxylic acids is 3. The fraction of sp³-hybridized carbons (Fsp3) is 0.860. The Morgan fingerprint density at radius 1 is 0.610 bits per heavy atom. The van der Waals surface area contributed by atoms with Crippen LogP contribution in [0.1, 0.15) is 244 Å². The van der Waals surface area contributed by atoms with Crippen molar-refractivity contribution in [3.8, 4) is 0 Å². The molecule has 9 nitrogen and oxygen atoms in total. The quantitative estimate of drug-likeness (QED) is 0.0442. The van der Waals surface area contributed by atoms with Crippen molar-refractivity contribution >= 4 is 17.8 Å². The van der Waals surface area contributed by atoms with Crippen molar-refractivity contribution in [1.82, 2.24) is 15.2 Å². The Morgan fingerprint density at radius 3 is 1.66 bits per heavy atom. The van der Waals surface area contributed by atoms with E-state index < -0.39 is 6.10 Å². The second-order valence-corrected chi connectivity index (χ2v) is 17.5. The third-order valence-electron chi connectivity index (χ3n) is 11.6. The first-order chi connectivity index (χ1) is 28.8. The maximum absolute atomic E-state index is 12.9. The molecule has 2 unspecified atom stereocenters. The molecule has 0 saturated heterocycles. The molecule has 0 fully saturated rings. The number of aliphatic hydroxyl groups excluding tert-OH is 1. The number of amides is 1. The van der Waals surface area contributed by atoms with Crippen LogP contribution >= 0.6 is 0 Å². The van der Waals surface area contributed by atoms with Crippen LogP contribution < -0.4 is 5.32 Å². The molecule has 0 aromatic carbocycles. The molecule has 0 aliphatic rings. The van der Waals surface area contributed by atoms with Crippen LogP contribution in [-0.2, 0) is 19.1 Å². The predicted molar refractivity (Wildman–Crippen MR) is 246 cm³/mol. The number of aromatic amines is 1. The van der Waals surface area contributed by atoms with E-state index in [1.807, 2.05) is 6.92 Å². The molecule has 0 bridgehead atoms. The molecule has 0 spiro atoms. The van der Waals surface area contributed by atoms with Crippen LogP contribution in [-0.4, -0.2) is 77.3 Å². The number of carbonyl (C=O) groups is 3. The monoisotopic (exact) mass is 832 g/mol. The zero-order chi connectivity index (χ0) is 43.0. The van der Waals surface area contributed by atoms with E-state index in [2.05, 4.69) is 36.0 Å². The van der Waals surface area contributed by atoms with E-state index >= 15 is 0 Å². The number of nitrogens with zero attached hydrogens (tertiary/aromatic N) is 1. The van der Waals surface area contributed by atoms with E-state index in [0.717, 1.165) is 116 Å². The Hall–Kier alpha value is -2.39. The molecule has 3 N–H and O–H groups in total. The molecule has 1 aromatic rings. The summed E-state index contributed by atoms with van der Waals surface area (Å²) in [5, 5.41) is 13.9. The second-order valence-electron chi connectivity index (χ2n) is 17.5. The highest BCUT2D eigenvalue weighted by Gasteiger charge is 2.16. The number of ether oxygens (including phenoxy) is 2. The van der Waals surface area contributed by atoms with Gasteiger partial charge in [0.2, 0.25) is 0 Å². The van der Waals surface area contributed by atoms with E-state index in [1.54, 1.807) is 18.5 Å². The maximum atomic E-state index is 12.9. The van der Waals surface area contributed by atoms with Gasteiger partial charge in [0, 0.05) is 38.3 Å². The van der Waals surface area contributed by atoms with Gasteiger partial charge in [-0.2, -0.15) is 0 Å². The molecule has 344 valence electrons. The van der Waals surface area contributed by atoms with Crippen LogP contribution in [0.2, 0.25) is 0 Å². The fourth-order valence-electron chi connectivity index (χ4n) is 7.89. The Balaban J connectivity index is 2.44. The number of aliphatic hydroxyl groups is 1. The maximum Gasteiger partial charge on any atom is 0.306 e. The SMILES string of the molecule is CCCCCCCCC(CCCCCCCC)OC(=O)CCCCCCCN(CCCCCC(=O)OC(C)CCCCCC)CC(O)CCCCNC(=O)c1cc[nH]c1. The molecular formula is C50H93N3O6. The van der Waals surface area contributed by atoms with Crippen LogP contribution in [0.15, 0.2) is 18.5 Å². The summed E-state index contributed by atoms with van der Waals surface area (Å²) in [4.78, 5) is 42.7. The van der Waals surface area contributed by atoms with Gasteiger partial charge in [-0.25, -0.2) is 0 Å².